The molecule has 2 heteroatoms. The minimum absolute atomic E-state index is 0.201. The number of aryl methyl sites for hydroxylation is 1. The van der Waals surface area contributed by atoms with Crippen LogP contribution in [0.15, 0.2) is 30.7 Å². The van der Waals surface area contributed by atoms with Gasteiger partial charge in [0, 0.05) is 17.3 Å². The van der Waals surface area contributed by atoms with Crippen LogP contribution >= 0.6 is 0 Å². The number of benzene rings is 1. The van der Waals surface area contributed by atoms with E-state index < -0.39 is 0 Å². The molecule has 0 saturated carbocycles. The van der Waals surface area contributed by atoms with Crippen LogP contribution in [0.1, 0.15) is 29.3 Å². The summed E-state index contributed by atoms with van der Waals surface area (Å²) in [5.74, 6) is 0. The van der Waals surface area contributed by atoms with Crippen LogP contribution in [0.4, 0.5) is 0 Å². The maximum Gasteiger partial charge on any atom is 0.0921 e. The zero-order chi connectivity index (χ0) is 11.2. The summed E-state index contributed by atoms with van der Waals surface area (Å²) < 4.78 is 0. The maximum absolute atomic E-state index is 4.14. The lowest BCUT2D eigenvalue weighted by atomic mass is 9.84. The van der Waals surface area contributed by atoms with Gasteiger partial charge in [-0.25, -0.2) is 4.98 Å². The Bertz CT molecular complexity index is 514. The molecule has 1 aromatic heterocycles. The molecule has 1 aliphatic rings. The summed E-state index contributed by atoms with van der Waals surface area (Å²) in [6.07, 6.45) is 5.96. The summed E-state index contributed by atoms with van der Waals surface area (Å²) in [6.45, 7) is 4.47. The minimum atomic E-state index is 0.201. The lowest BCUT2D eigenvalue weighted by Crippen LogP contribution is -2.22. The standard InChI is InChI=1S/C14H16N2/c1-10-3-4-11-6-14(2,7-12(11)5-10)13-8-15-9-16-13/h3-5,8-9H,6-7H2,1-2H3,(H,15,16). The number of aromatic amines is 1. The molecule has 1 aliphatic carbocycles. The molecule has 1 heterocycles. The molecule has 3 rings (SSSR count). The Morgan fingerprint density at radius 1 is 1.25 bits per heavy atom. The third kappa shape index (κ3) is 1.37. The molecule has 0 aliphatic heterocycles. The number of rotatable bonds is 1. The fraction of sp³-hybridized carbons (Fsp3) is 0.357. The van der Waals surface area contributed by atoms with Gasteiger partial charge >= 0.3 is 0 Å². The first-order valence-electron chi connectivity index (χ1n) is 5.75. The summed E-state index contributed by atoms with van der Waals surface area (Å²) in [7, 11) is 0. The van der Waals surface area contributed by atoms with Crippen LogP contribution in [0.25, 0.3) is 0 Å². The van der Waals surface area contributed by atoms with Crippen LogP contribution in [0, 0.1) is 6.92 Å². The maximum atomic E-state index is 4.14. The predicted octanol–water partition coefficient (Wildman–Crippen LogP) is 2.77. The van der Waals surface area contributed by atoms with Crippen LogP contribution in [0.5, 0.6) is 0 Å². The van der Waals surface area contributed by atoms with Crippen molar-refractivity contribution in [3.63, 3.8) is 0 Å². The molecule has 1 N–H and O–H groups in total. The Morgan fingerprint density at radius 3 is 2.81 bits per heavy atom. The van der Waals surface area contributed by atoms with E-state index in [1.54, 1.807) is 6.33 Å². The first kappa shape index (κ1) is 9.64. The lowest BCUT2D eigenvalue weighted by molar-refractivity contribution is 0.490. The van der Waals surface area contributed by atoms with Crippen LogP contribution < -0.4 is 0 Å². The number of hydrogen-bond donors (Lipinski definition) is 1. The molecular formula is C14H16N2. The molecule has 1 atom stereocenters. The first-order chi connectivity index (χ1) is 7.67. The van der Waals surface area contributed by atoms with Gasteiger partial charge in [0.15, 0.2) is 0 Å². The van der Waals surface area contributed by atoms with Gasteiger partial charge in [-0.3, -0.25) is 0 Å². The Morgan fingerprint density at radius 2 is 2.06 bits per heavy atom. The molecular weight excluding hydrogens is 196 g/mol. The van der Waals surface area contributed by atoms with Crippen molar-refractivity contribution < 1.29 is 0 Å². The van der Waals surface area contributed by atoms with Crippen LogP contribution in [-0.2, 0) is 18.3 Å². The minimum Gasteiger partial charge on any atom is -0.348 e. The van der Waals surface area contributed by atoms with E-state index in [0.29, 0.717) is 0 Å². The zero-order valence-electron chi connectivity index (χ0n) is 9.75. The van der Waals surface area contributed by atoms with Gasteiger partial charge in [-0.15, -0.1) is 0 Å². The van der Waals surface area contributed by atoms with Crippen molar-refractivity contribution in [2.24, 2.45) is 0 Å². The van der Waals surface area contributed by atoms with Crippen LogP contribution in [0.2, 0.25) is 0 Å². The second-order valence-corrected chi connectivity index (χ2v) is 5.15. The second kappa shape index (κ2) is 3.21. The molecule has 2 aromatic rings. The van der Waals surface area contributed by atoms with Gasteiger partial charge < -0.3 is 4.98 Å². The summed E-state index contributed by atoms with van der Waals surface area (Å²) in [6, 6.07) is 6.79. The third-order valence-corrected chi connectivity index (χ3v) is 3.67. The van der Waals surface area contributed by atoms with E-state index >= 15 is 0 Å². The topological polar surface area (TPSA) is 28.7 Å². The number of H-pyrrole nitrogens is 1. The number of hydrogen-bond acceptors (Lipinski definition) is 1. The third-order valence-electron chi connectivity index (χ3n) is 3.67. The molecule has 0 radical (unpaired) electrons. The summed E-state index contributed by atoms with van der Waals surface area (Å²) >= 11 is 0. The number of fused-ring (bicyclic) bond motifs is 1. The molecule has 1 unspecified atom stereocenters. The molecule has 0 spiro atoms. The quantitative estimate of drug-likeness (QED) is 0.773. The van der Waals surface area contributed by atoms with Crippen molar-refractivity contribution in [2.45, 2.75) is 32.1 Å². The van der Waals surface area contributed by atoms with Gasteiger partial charge in [0.1, 0.15) is 0 Å². The van der Waals surface area contributed by atoms with Gasteiger partial charge in [0.2, 0.25) is 0 Å². The summed E-state index contributed by atoms with van der Waals surface area (Å²) in [5, 5.41) is 0. The SMILES string of the molecule is Cc1ccc2c(c1)CC(C)(c1cnc[nH]1)C2. The zero-order valence-corrected chi connectivity index (χ0v) is 9.75. The fourth-order valence-corrected chi connectivity index (χ4v) is 2.77. The number of aromatic nitrogens is 2. The molecule has 0 amide bonds. The van der Waals surface area contributed by atoms with Crippen molar-refractivity contribution in [3.8, 4) is 0 Å². The van der Waals surface area contributed by atoms with E-state index in [-0.39, 0.29) is 5.41 Å². The highest BCUT2D eigenvalue weighted by Gasteiger charge is 2.35. The molecule has 0 bridgehead atoms. The Balaban J connectivity index is 2.01. The van der Waals surface area contributed by atoms with E-state index in [4.69, 9.17) is 0 Å². The predicted molar refractivity (Wildman–Crippen MR) is 64.5 cm³/mol. The smallest absolute Gasteiger partial charge is 0.0921 e. The monoisotopic (exact) mass is 212 g/mol. The van der Waals surface area contributed by atoms with Gasteiger partial charge in [0.05, 0.1) is 6.33 Å². The molecule has 1 aromatic carbocycles. The highest BCUT2D eigenvalue weighted by atomic mass is 14.9. The molecule has 2 nitrogen and oxygen atoms in total. The fourth-order valence-electron chi connectivity index (χ4n) is 2.77. The van der Waals surface area contributed by atoms with Gasteiger partial charge in [-0.1, -0.05) is 30.7 Å². The van der Waals surface area contributed by atoms with Crippen molar-refractivity contribution >= 4 is 0 Å². The van der Waals surface area contributed by atoms with Crippen molar-refractivity contribution in [1.29, 1.82) is 0 Å². The normalized spacial score (nSPS) is 23.4. The summed E-state index contributed by atoms with van der Waals surface area (Å²) in [5.41, 5.74) is 5.79. The van der Waals surface area contributed by atoms with Crippen molar-refractivity contribution in [2.75, 3.05) is 0 Å². The van der Waals surface area contributed by atoms with E-state index in [9.17, 15) is 0 Å². The first-order valence-corrected chi connectivity index (χ1v) is 5.75. The average molecular weight is 212 g/mol. The average Bonchev–Trinajstić information content (AvgIpc) is 2.83. The number of nitrogens with one attached hydrogen (secondary N) is 1. The van der Waals surface area contributed by atoms with E-state index in [0.717, 1.165) is 12.8 Å². The van der Waals surface area contributed by atoms with Crippen molar-refractivity contribution in [3.05, 3.63) is 53.1 Å². The Kier molecular flexibility index (Phi) is 1.93. The van der Waals surface area contributed by atoms with Crippen molar-refractivity contribution in [1.82, 2.24) is 9.97 Å². The molecule has 0 fully saturated rings. The highest BCUT2D eigenvalue weighted by Crippen LogP contribution is 2.38. The molecule has 0 saturated heterocycles. The van der Waals surface area contributed by atoms with Crippen LogP contribution in [-0.4, -0.2) is 9.97 Å². The number of imidazole rings is 1. The largest absolute Gasteiger partial charge is 0.348 e. The van der Waals surface area contributed by atoms with E-state index in [2.05, 4.69) is 42.0 Å². The highest BCUT2D eigenvalue weighted by molar-refractivity contribution is 5.41. The molecule has 82 valence electrons. The summed E-state index contributed by atoms with van der Waals surface area (Å²) in [4.78, 5) is 7.39. The van der Waals surface area contributed by atoms with Gasteiger partial charge in [-0.2, -0.15) is 0 Å². The van der Waals surface area contributed by atoms with E-state index in [1.165, 1.54) is 22.4 Å². The van der Waals surface area contributed by atoms with E-state index in [1.807, 2.05) is 6.20 Å². The van der Waals surface area contributed by atoms with Gasteiger partial charge in [0.25, 0.3) is 0 Å². The Labute approximate surface area is 95.7 Å². The Hall–Kier alpha value is -1.57. The number of nitrogens with zero attached hydrogens (tertiary/aromatic N) is 1. The van der Waals surface area contributed by atoms with Gasteiger partial charge in [-0.05, 0) is 30.9 Å². The lowest BCUT2D eigenvalue weighted by Gasteiger charge is -2.21. The molecule has 16 heavy (non-hydrogen) atoms. The second-order valence-electron chi connectivity index (χ2n) is 5.15. The van der Waals surface area contributed by atoms with Crippen LogP contribution in [0.3, 0.4) is 0 Å².